The van der Waals surface area contributed by atoms with Gasteiger partial charge in [-0.05, 0) is 50.3 Å². The summed E-state index contributed by atoms with van der Waals surface area (Å²) in [6, 6.07) is 14.3. The van der Waals surface area contributed by atoms with Crippen LogP contribution in [-0.2, 0) is 11.3 Å². The summed E-state index contributed by atoms with van der Waals surface area (Å²) in [6.07, 6.45) is 1.58. The highest BCUT2D eigenvalue weighted by Gasteiger charge is 2.31. The molecule has 3 aromatic rings. The fourth-order valence-electron chi connectivity index (χ4n) is 4.33. The van der Waals surface area contributed by atoms with Crippen molar-refractivity contribution in [2.24, 2.45) is 11.8 Å². The molecule has 178 valence electrons. The van der Waals surface area contributed by atoms with E-state index in [1.807, 2.05) is 37.8 Å². The fraction of sp³-hybridized carbons (Fsp3) is 0.370. The molecule has 1 aliphatic heterocycles. The minimum Gasteiger partial charge on any atom is -0.352 e. The highest BCUT2D eigenvalue weighted by atomic mass is 32.1. The van der Waals surface area contributed by atoms with E-state index in [-0.39, 0.29) is 29.5 Å². The maximum atomic E-state index is 13.2. The number of piperidine rings is 1. The lowest BCUT2D eigenvalue weighted by Gasteiger charge is -2.34. The predicted octanol–water partition coefficient (Wildman–Crippen LogP) is 5.37. The Hall–Kier alpha value is -3.06. The Bertz CT molecular complexity index is 1150. The van der Waals surface area contributed by atoms with Crippen LogP contribution in [0.25, 0.3) is 10.6 Å². The molecule has 1 saturated heterocycles. The lowest BCUT2D eigenvalue weighted by molar-refractivity contribution is -0.126. The van der Waals surface area contributed by atoms with Crippen LogP contribution >= 0.6 is 11.3 Å². The molecule has 1 aliphatic rings. The zero-order chi connectivity index (χ0) is 24.2. The zero-order valence-electron chi connectivity index (χ0n) is 19.8. The first-order chi connectivity index (χ1) is 16.3. The van der Waals surface area contributed by atoms with Gasteiger partial charge in [0, 0.05) is 31.1 Å². The van der Waals surface area contributed by atoms with Gasteiger partial charge in [-0.15, -0.1) is 11.3 Å². The number of aryl methyl sites for hydroxylation is 2. The van der Waals surface area contributed by atoms with E-state index in [1.54, 1.807) is 12.1 Å². The Morgan fingerprint density at radius 3 is 2.38 bits per heavy atom. The maximum Gasteiger partial charge on any atom is 0.265 e. The number of halogens is 1. The third kappa shape index (κ3) is 5.53. The fourth-order valence-corrected chi connectivity index (χ4v) is 5.37. The molecule has 2 heterocycles. The minimum atomic E-state index is -0.287. The summed E-state index contributed by atoms with van der Waals surface area (Å²) in [5.74, 6) is -0.182. The molecule has 0 aliphatic carbocycles. The second-order valence-corrected chi connectivity index (χ2v) is 10.1. The molecule has 5 nitrogen and oxygen atoms in total. The molecular weight excluding hydrogens is 449 g/mol. The van der Waals surface area contributed by atoms with Crippen LogP contribution in [0, 0.1) is 31.5 Å². The van der Waals surface area contributed by atoms with Crippen molar-refractivity contribution in [1.29, 1.82) is 0 Å². The molecule has 2 aromatic carbocycles. The molecule has 2 amide bonds. The number of nitrogens with zero attached hydrogens (tertiary/aromatic N) is 2. The molecule has 1 aromatic heterocycles. The largest absolute Gasteiger partial charge is 0.352 e. The van der Waals surface area contributed by atoms with E-state index in [4.69, 9.17) is 0 Å². The topological polar surface area (TPSA) is 62.3 Å². The Balaban J connectivity index is 1.31. The van der Waals surface area contributed by atoms with E-state index >= 15 is 0 Å². The van der Waals surface area contributed by atoms with Crippen LogP contribution < -0.4 is 5.32 Å². The molecule has 34 heavy (non-hydrogen) atoms. The quantitative estimate of drug-likeness (QED) is 0.517. The highest BCUT2D eigenvalue weighted by Crippen LogP contribution is 2.31. The van der Waals surface area contributed by atoms with Gasteiger partial charge >= 0.3 is 0 Å². The minimum absolute atomic E-state index is 0.00450. The van der Waals surface area contributed by atoms with Gasteiger partial charge < -0.3 is 10.2 Å². The van der Waals surface area contributed by atoms with Crippen LogP contribution in [0.3, 0.4) is 0 Å². The number of carbonyl (C=O) groups excluding carboxylic acids is 2. The Morgan fingerprint density at radius 2 is 1.74 bits per heavy atom. The van der Waals surface area contributed by atoms with E-state index in [0.29, 0.717) is 24.5 Å². The summed E-state index contributed by atoms with van der Waals surface area (Å²) >= 11 is 1.45. The van der Waals surface area contributed by atoms with Gasteiger partial charge in [0.1, 0.15) is 15.7 Å². The molecule has 1 atom stereocenters. The SMILES string of the molecule is Cc1ccc(-c2nc(C)c(C(=O)N3CCC([C@@H](C)C(=O)NCc4ccc(F)cc4)CC3)s2)cc1. The number of hydrogen-bond donors (Lipinski definition) is 1. The second-order valence-electron chi connectivity index (χ2n) is 9.06. The Kier molecular flexibility index (Phi) is 7.41. The molecule has 0 bridgehead atoms. The molecule has 0 spiro atoms. The molecule has 0 saturated carbocycles. The summed E-state index contributed by atoms with van der Waals surface area (Å²) in [4.78, 5) is 33.1. The number of thiazole rings is 1. The molecule has 0 radical (unpaired) electrons. The van der Waals surface area contributed by atoms with Crippen LogP contribution in [0.5, 0.6) is 0 Å². The summed E-state index contributed by atoms with van der Waals surface area (Å²) in [5, 5.41) is 3.82. The van der Waals surface area contributed by atoms with Gasteiger partial charge in [-0.3, -0.25) is 9.59 Å². The maximum absolute atomic E-state index is 13.2. The summed E-state index contributed by atoms with van der Waals surface area (Å²) in [6.45, 7) is 7.54. The van der Waals surface area contributed by atoms with E-state index in [2.05, 4.69) is 22.4 Å². The Labute approximate surface area is 204 Å². The second kappa shape index (κ2) is 10.5. The van der Waals surface area contributed by atoms with Crippen molar-refractivity contribution < 1.29 is 14.0 Å². The standard InChI is InChI=1S/C27H30FN3O2S/c1-17-4-8-22(9-5-17)26-30-19(3)24(34-26)27(33)31-14-12-21(13-15-31)18(2)25(32)29-16-20-6-10-23(28)11-7-20/h4-11,18,21H,12-16H2,1-3H3,(H,29,32)/t18-/m1/s1. The van der Waals surface area contributed by atoms with E-state index in [9.17, 15) is 14.0 Å². The number of amides is 2. The number of nitrogens with one attached hydrogen (secondary N) is 1. The lowest BCUT2D eigenvalue weighted by atomic mass is 9.84. The normalized spacial score (nSPS) is 15.2. The lowest BCUT2D eigenvalue weighted by Crippen LogP contribution is -2.42. The van der Waals surface area contributed by atoms with Crippen molar-refractivity contribution in [3.05, 3.63) is 76.0 Å². The van der Waals surface area contributed by atoms with Crippen LogP contribution in [0.1, 0.15) is 46.3 Å². The molecule has 4 rings (SSSR count). The van der Waals surface area contributed by atoms with Gasteiger partial charge in [0.2, 0.25) is 5.91 Å². The smallest absolute Gasteiger partial charge is 0.265 e. The first-order valence-corrected chi connectivity index (χ1v) is 12.5. The monoisotopic (exact) mass is 479 g/mol. The number of aromatic nitrogens is 1. The van der Waals surface area contributed by atoms with Crippen LogP contribution in [-0.4, -0.2) is 34.8 Å². The first-order valence-electron chi connectivity index (χ1n) is 11.7. The number of hydrogen-bond acceptors (Lipinski definition) is 4. The molecule has 1 fully saturated rings. The molecule has 1 N–H and O–H groups in total. The van der Waals surface area contributed by atoms with Gasteiger partial charge in [0.05, 0.1) is 5.69 Å². The van der Waals surface area contributed by atoms with Crippen molar-refractivity contribution in [3.63, 3.8) is 0 Å². The number of carbonyl (C=O) groups is 2. The van der Waals surface area contributed by atoms with Crippen molar-refractivity contribution in [2.45, 2.75) is 40.2 Å². The molecular formula is C27H30FN3O2S. The predicted molar refractivity (Wildman–Crippen MR) is 133 cm³/mol. The number of rotatable bonds is 6. The average Bonchev–Trinajstić information content (AvgIpc) is 3.24. The van der Waals surface area contributed by atoms with Crippen molar-refractivity contribution in [2.75, 3.05) is 13.1 Å². The van der Waals surface area contributed by atoms with Gasteiger partial charge in [-0.25, -0.2) is 9.37 Å². The van der Waals surface area contributed by atoms with E-state index in [1.165, 1.54) is 29.0 Å². The van der Waals surface area contributed by atoms with Gasteiger partial charge in [0.25, 0.3) is 5.91 Å². The van der Waals surface area contributed by atoms with Gasteiger partial charge in [-0.1, -0.05) is 48.9 Å². The number of benzene rings is 2. The number of likely N-dealkylation sites (tertiary alicyclic amines) is 1. The first kappa shape index (κ1) is 24.1. The summed E-state index contributed by atoms with van der Waals surface area (Å²) in [5.41, 5.74) is 3.85. The van der Waals surface area contributed by atoms with Crippen molar-refractivity contribution >= 4 is 23.2 Å². The Morgan fingerprint density at radius 1 is 1.09 bits per heavy atom. The van der Waals surface area contributed by atoms with E-state index < -0.39 is 0 Å². The van der Waals surface area contributed by atoms with E-state index in [0.717, 1.165) is 34.7 Å². The zero-order valence-corrected chi connectivity index (χ0v) is 20.6. The van der Waals surface area contributed by atoms with Crippen LogP contribution in [0.4, 0.5) is 4.39 Å². The van der Waals surface area contributed by atoms with Gasteiger partial charge in [-0.2, -0.15) is 0 Å². The van der Waals surface area contributed by atoms with Gasteiger partial charge in [0.15, 0.2) is 0 Å². The van der Waals surface area contributed by atoms with Crippen LogP contribution in [0.2, 0.25) is 0 Å². The third-order valence-corrected chi connectivity index (χ3v) is 7.81. The molecule has 7 heteroatoms. The third-order valence-electron chi connectivity index (χ3n) is 6.62. The van der Waals surface area contributed by atoms with Crippen molar-refractivity contribution in [3.8, 4) is 10.6 Å². The average molecular weight is 480 g/mol. The summed E-state index contributed by atoms with van der Waals surface area (Å²) in [7, 11) is 0. The highest BCUT2D eigenvalue weighted by molar-refractivity contribution is 7.17. The van der Waals surface area contributed by atoms with Crippen molar-refractivity contribution in [1.82, 2.24) is 15.2 Å². The summed E-state index contributed by atoms with van der Waals surface area (Å²) < 4.78 is 13.0. The van der Waals surface area contributed by atoms with Crippen LogP contribution in [0.15, 0.2) is 48.5 Å². The molecule has 0 unspecified atom stereocenters.